The van der Waals surface area contributed by atoms with Crippen LogP contribution in [0.5, 0.6) is 0 Å². The molecule has 0 aliphatic heterocycles. The van der Waals surface area contributed by atoms with Crippen LogP contribution in [0.2, 0.25) is 0 Å². The summed E-state index contributed by atoms with van der Waals surface area (Å²) >= 11 is 3.47. The number of halogens is 1. The quantitative estimate of drug-likeness (QED) is 0.689. The Bertz CT molecular complexity index is 218. The molecule has 0 atom stereocenters. The van der Waals surface area contributed by atoms with E-state index in [4.69, 9.17) is 0 Å². The van der Waals surface area contributed by atoms with Crippen LogP contribution in [-0.4, -0.2) is 10.3 Å². The van der Waals surface area contributed by atoms with E-state index in [1.807, 2.05) is 18.3 Å². The van der Waals surface area contributed by atoms with Gasteiger partial charge in [-0.2, -0.15) is 0 Å². The lowest BCUT2D eigenvalue weighted by atomic mass is 9.92. The fraction of sp³-hybridized carbons (Fsp3) is 0.444. The second-order valence-electron chi connectivity index (χ2n) is 3.23. The van der Waals surface area contributed by atoms with Gasteiger partial charge in [0.25, 0.3) is 0 Å². The predicted molar refractivity (Wildman–Crippen MR) is 51.1 cm³/mol. The summed E-state index contributed by atoms with van der Waals surface area (Å²) in [4.78, 5) is 4.29. The van der Waals surface area contributed by atoms with E-state index in [-0.39, 0.29) is 5.41 Å². The molecular formula is C9H12BrN. The van der Waals surface area contributed by atoms with Gasteiger partial charge in [-0.05, 0) is 12.1 Å². The van der Waals surface area contributed by atoms with Crippen molar-refractivity contribution in [3.8, 4) is 0 Å². The zero-order valence-corrected chi connectivity index (χ0v) is 8.43. The summed E-state index contributed by atoms with van der Waals surface area (Å²) < 4.78 is 0. The molecule has 11 heavy (non-hydrogen) atoms. The van der Waals surface area contributed by atoms with Crippen molar-refractivity contribution in [2.75, 3.05) is 5.33 Å². The third-order valence-corrected chi connectivity index (χ3v) is 3.09. The third kappa shape index (κ3) is 2.03. The number of aromatic nitrogens is 1. The molecule has 0 saturated carbocycles. The van der Waals surface area contributed by atoms with Gasteiger partial charge in [0.1, 0.15) is 0 Å². The summed E-state index contributed by atoms with van der Waals surface area (Å²) in [5, 5.41) is 0.941. The van der Waals surface area contributed by atoms with E-state index in [0.717, 1.165) is 11.0 Å². The molecule has 0 radical (unpaired) electrons. The van der Waals surface area contributed by atoms with Crippen LogP contribution in [0.4, 0.5) is 0 Å². The number of rotatable bonds is 2. The van der Waals surface area contributed by atoms with Crippen LogP contribution < -0.4 is 0 Å². The van der Waals surface area contributed by atoms with E-state index in [2.05, 4.69) is 40.8 Å². The van der Waals surface area contributed by atoms with Crippen molar-refractivity contribution in [2.45, 2.75) is 19.3 Å². The Morgan fingerprint density at radius 1 is 1.45 bits per heavy atom. The standard InChI is InChI=1S/C9H12BrN/c1-9(2,7-10)8-5-3-4-6-11-8/h3-6H,7H2,1-2H3. The van der Waals surface area contributed by atoms with Gasteiger partial charge >= 0.3 is 0 Å². The van der Waals surface area contributed by atoms with Crippen LogP contribution in [0.1, 0.15) is 19.5 Å². The Balaban J connectivity index is 2.93. The molecule has 1 nitrogen and oxygen atoms in total. The highest BCUT2D eigenvalue weighted by Crippen LogP contribution is 2.22. The molecule has 1 heterocycles. The molecule has 1 aromatic rings. The maximum absolute atomic E-state index is 4.29. The molecule has 2 heteroatoms. The predicted octanol–water partition coefficient (Wildman–Crippen LogP) is 2.75. The molecule has 1 rings (SSSR count). The number of pyridine rings is 1. The van der Waals surface area contributed by atoms with Crippen LogP contribution in [-0.2, 0) is 5.41 Å². The molecular weight excluding hydrogens is 202 g/mol. The lowest BCUT2D eigenvalue weighted by Crippen LogP contribution is -2.20. The molecule has 1 aromatic heterocycles. The Hall–Kier alpha value is -0.370. The minimum absolute atomic E-state index is 0.140. The van der Waals surface area contributed by atoms with Crippen molar-refractivity contribution < 1.29 is 0 Å². The van der Waals surface area contributed by atoms with Crippen LogP contribution in [0, 0.1) is 0 Å². The first kappa shape index (κ1) is 8.72. The average Bonchev–Trinajstić information content (AvgIpc) is 2.06. The van der Waals surface area contributed by atoms with E-state index >= 15 is 0 Å². The Morgan fingerprint density at radius 3 is 2.64 bits per heavy atom. The molecule has 0 bridgehead atoms. The SMILES string of the molecule is CC(C)(CBr)c1ccccn1. The third-order valence-electron chi connectivity index (χ3n) is 1.69. The highest BCUT2D eigenvalue weighted by molar-refractivity contribution is 9.09. The molecule has 0 aliphatic carbocycles. The van der Waals surface area contributed by atoms with Crippen molar-refractivity contribution in [2.24, 2.45) is 0 Å². The normalized spacial score (nSPS) is 11.5. The average molecular weight is 214 g/mol. The molecule has 0 amide bonds. The summed E-state index contributed by atoms with van der Waals surface area (Å²) in [6.45, 7) is 4.34. The smallest absolute Gasteiger partial charge is 0.0468 e. The van der Waals surface area contributed by atoms with Crippen molar-refractivity contribution in [3.05, 3.63) is 30.1 Å². The van der Waals surface area contributed by atoms with Crippen molar-refractivity contribution in [1.29, 1.82) is 0 Å². The van der Waals surface area contributed by atoms with Gasteiger partial charge in [0.05, 0.1) is 0 Å². The Labute approximate surface area is 76.0 Å². The van der Waals surface area contributed by atoms with Gasteiger partial charge in [-0.15, -0.1) is 0 Å². The molecule has 0 N–H and O–H groups in total. The molecule has 0 saturated heterocycles. The topological polar surface area (TPSA) is 12.9 Å². The van der Waals surface area contributed by atoms with Gasteiger partial charge in [0.2, 0.25) is 0 Å². The summed E-state index contributed by atoms with van der Waals surface area (Å²) in [7, 11) is 0. The minimum Gasteiger partial charge on any atom is -0.261 e. The minimum atomic E-state index is 0.140. The van der Waals surface area contributed by atoms with Crippen molar-refractivity contribution >= 4 is 15.9 Å². The highest BCUT2D eigenvalue weighted by Gasteiger charge is 2.19. The lowest BCUT2D eigenvalue weighted by Gasteiger charge is -2.20. The number of hydrogen-bond acceptors (Lipinski definition) is 1. The monoisotopic (exact) mass is 213 g/mol. The fourth-order valence-electron chi connectivity index (χ4n) is 0.832. The maximum Gasteiger partial charge on any atom is 0.0468 e. The van der Waals surface area contributed by atoms with Crippen molar-refractivity contribution in [1.82, 2.24) is 4.98 Å². The van der Waals surface area contributed by atoms with E-state index in [1.54, 1.807) is 0 Å². The molecule has 60 valence electrons. The molecule has 0 unspecified atom stereocenters. The number of hydrogen-bond donors (Lipinski definition) is 0. The van der Waals surface area contributed by atoms with Gasteiger partial charge in [-0.1, -0.05) is 35.8 Å². The lowest BCUT2D eigenvalue weighted by molar-refractivity contribution is 0.584. The van der Waals surface area contributed by atoms with Crippen LogP contribution in [0.25, 0.3) is 0 Å². The second kappa shape index (κ2) is 3.35. The first-order valence-corrected chi connectivity index (χ1v) is 4.76. The van der Waals surface area contributed by atoms with Crippen LogP contribution in [0.15, 0.2) is 24.4 Å². The Morgan fingerprint density at radius 2 is 2.18 bits per heavy atom. The van der Waals surface area contributed by atoms with Crippen molar-refractivity contribution in [3.63, 3.8) is 0 Å². The molecule has 0 spiro atoms. The maximum atomic E-state index is 4.29. The summed E-state index contributed by atoms with van der Waals surface area (Å²) in [6, 6.07) is 6.02. The molecule has 0 aliphatic rings. The van der Waals surface area contributed by atoms with Gasteiger partial charge in [0.15, 0.2) is 0 Å². The second-order valence-corrected chi connectivity index (χ2v) is 3.79. The number of nitrogens with zero attached hydrogens (tertiary/aromatic N) is 1. The molecule has 0 aromatic carbocycles. The van der Waals surface area contributed by atoms with E-state index in [1.165, 1.54) is 0 Å². The first-order valence-electron chi connectivity index (χ1n) is 3.64. The summed E-state index contributed by atoms with van der Waals surface area (Å²) in [5.74, 6) is 0. The first-order chi connectivity index (χ1) is 5.17. The largest absolute Gasteiger partial charge is 0.261 e. The van der Waals surface area contributed by atoms with Gasteiger partial charge < -0.3 is 0 Å². The van der Waals surface area contributed by atoms with Crippen LogP contribution >= 0.6 is 15.9 Å². The zero-order valence-electron chi connectivity index (χ0n) is 6.84. The van der Waals surface area contributed by atoms with E-state index in [0.29, 0.717) is 0 Å². The number of alkyl halides is 1. The Kier molecular flexibility index (Phi) is 2.66. The van der Waals surface area contributed by atoms with E-state index < -0.39 is 0 Å². The van der Waals surface area contributed by atoms with Gasteiger partial charge in [-0.25, -0.2) is 0 Å². The fourth-order valence-corrected chi connectivity index (χ4v) is 1.12. The van der Waals surface area contributed by atoms with Gasteiger partial charge in [0, 0.05) is 22.6 Å². The van der Waals surface area contributed by atoms with Crippen LogP contribution in [0.3, 0.4) is 0 Å². The summed E-state index contributed by atoms with van der Waals surface area (Å²) in [5.41, 5.74) is 1.28. The van der Waals surface area contributed by atoms with Gasteiger partial charge in [-0.3, -0.25) is 4.98 Å². The molecule has 0 fully saturated rings. The zero-order chi connectivity index (χ0) is 8.32. The summed E-state index contributed by atoms with van der Waals surface area (Å²) in [6.07, 6.45) is 1.83. The highest BCUT2D eigenvalue weighted by atomic mass is 79.9. The van der Waals surface area contributed by atoms with E-state index in [9.17, 15) is 0 Å².